The number of alkyl halides is 2. The van der Waals surface area contributed by atoms with Gasteiger partial charge in [0.1, 0.15) is 12.6 Å². The molecule has 1 amide bonds. The summed E-state index contributed by atoms with van der Waals surface area (Å²) >= 11 is 0. The minimum Gasteiger partial charge on any atom is -0.383 e. The fourth-order valence-electron chi connectivity index (χ4n) is 1.59. The Bertz CT molecular complexity index is 457. The lowest BCUT2D eigenvalue weighted by molar-refractivity contribution is -0.134. The van der Waals surface area contributed by atoms with Gasteiger partial charge in [0.25, 0.3) is 5.92 Å². The van der Waals surface area contributed by atoms with Gasteiger partial charge in [-0.2, -0.15) is 5.26 Å². The van der Waals surface area contributed by atoms with Crippen molar-refractivity contribution in [3.8, 4) is 6.07 Å². The van der Waals surface area contributed by atoms with Crippen LogP contribution < -0.4 is 5.32 Å². The topological polar surface area (TPSA) is 73.1 Å². The van der Waals surface area contributed by atoms with Crippen molar-refractivity contribution in [2.45, 2.75) is 24.9 Å². The molecule has 2 N–H and O–H groups in total. The molecule has 0 spiro atoms. The number of aliphatic hydroxyl groups excluding tert-OH is 1. The Morgan fingerprint density at radius 2 is 2.05 bits per heavy atom. The lowest BCUT2D eigenvalue weighted by atomic mass is 10.0. The molecular weight excluding hydrogens is 254 g/mol. The monoisotopic (exact) mass is 268 g/mol. The van der Waals surface area contributed by atoms with Gasteiger partial charge in [0.15, 0.2) is 0 Å². The van der Waals surface area contributed by atoms with Crippen LogP contribution in [0.25, 0.3) is 0 Å². The van der Waals surface area contributed by atoms with Crippen molar-refractivity contribution in [3.63, 3.8) is 0 Å². The zero-order valence-corrected chi connectivity index (χ0v) is 10.1. The zero-order valence-electron chi connectivity index (χ0n) is 10.1. The Morgan fingerprint density at radius 3 is 2.63 bits per heavy atom. The first kappa shape index (κ1) is 15.1. The number of halogens is 2. The number of carbonyl (C=O) groups is 1. The van der Waals surface area contributed by atoms with E-state index in [1.54, 1.807) is 36.4 Å². The second-order valence-electron chi connectivity index (χ2n) is 4.11. The van der Waals surface area contributed by atoms with E-state index in [1.165, 1.54) is 0 Å². The number of nitriles is 1. The number of nitrogens with one attached hydrogen (secondary N) is 1. The van der Waals surface area contributed by atoms with E-state index in [2.05, 4.69) is 0 Å². The van der Waals surface area contributed by atoms with Gasteiger partial charge in [-0.1, -0.05) is 30.3 Å². The van der Waals surface area contributed by atoms with Crippen LogP contribution in [-0.2, 0) is 11.2 Å². The molecule has 0 saturated heterocycles. The Morgan fingerprint density at radius 1 is 1.42 bits per heavy atom. The highest BCUT2D eigenvalue weighted by atomic mass is 19.3. The number of hydrogen-bond donors (Lipinski definition) is 2. The second kappa shape index (κ2) is 6.81. The number of rotatable bonds is 6. The molecule has 0 bridgehead atoms. The Hall–Kier alpha value is -2.00. The van der Waals surface area contributed by atoms with E-state index in [9.17, 15) is 18.7 Å². The third-order valence-corrected chi connectivity index (χ3v) is 2.44. The molecule has 0 fully saturated rings. The molecular formula is C13H14F2N2O2. The first-order chi connectivity index (χ1) is 8.94. The SMILES string of the molecule is N#CCNC(=O)C(O)CC(F)(F)Cc1ccccc1. The van der Waals surface area contributed by atoms with Crippen LogP contribution in [0, 0.1) is 11.3 Å². The molecule has 1 aromatic carbocycles. The summed E-state index contributed by atoms with van der Waals surface area (Å²) in [5, 5.41) is 19.6. The predicted octanol–water partition coefficient (Wildman–Crippen LogP) is 1.26. The highest BCUT2D eigenvalue weighted by molar-refractivity contribution is 5.80. The van der Waals surface area contributed by atoms with Crippen LogP contribution in [0.1, 0.15) is 12.0 Å². The van der Waals surface area contributed by atoms with E-state index in [0.717, 1.165) is 0 Å². The van der Waals surface area contributed by atoms with Gasteiger partial charge in [-0.15, -0.1) is 0 Å². The number of benzene rings is 1. The maximum Gasteiger partial charge on any atom is 0.255 e. The summed E-state index contributed by atoms with van der Waals surface area (Å²) in [6.07, 6.45) is -3.35. The van der Waals surface area contributed by atoms with Gasteiger partial charge in [0, 0.05) is 12.8 Å². The van der Waals surface area contributed by atoms with Gasteiger partial charge in [-0.3, -0.25) is 4.79 Å². The van der Waals surface area contributed by atoms with E-state index in [4.69, 9.17) is 5.26 Å². The average molecular weight is 268 g/mol. The molecule has 0 aliphatic carbocycles. The van der Waals surface area contributed by atoms with Crippen LogP contribution in [0.4, 0.5) is 8.78 Å². The van der Waals surface area contributed by atoms with E-state index in [-0.39, 0.29) is 6.54 Å². The smallest absolute Gasteiger partial charge is 0.255 e. The Balaban J connectivity index is 2.54. The van der Waals surface area contributed by atoms with Crippen LogP contribution in [0.15, 0.2) is 30.3 Å². The first-order valence-electron chi connectivity index (χ1n) is 5.69. The van der Waals surface area contributed by atoms with E-state index >= 15 is 0 Å². The van der Waals surface area contributed by atoms with Gasteiger partial charge in [0.2, 0.25) is 5.91 Å². The molecule has 4 nitrogen and oxygen atoms in total. The summed E-state index contributed by atoms with van der Waals surface area (Å²) in [5.74, 6) is -4.15. The van der Waals surface area contributed by atoms with Gasteiger partial charge < -0.3 is 10.4 Å². The summed E-state index contributed by atoms with van der Waals surface area (Å²) in [4.78, 5) is 11.2. The molecule has 0 heterocycles. The molecule has 0 saturated carbocycles. The molecule has 1 atom stereocenters. The molecule has 1 unspecified atom stereocenters. The van der Waals surface area contributed by atoms with Crippen molar-refractivity contribution < 1.29 is 18.7 Å². The molecule has 6 heteroatoms. The van der Waals surface area contributed by atoms with Gasteiger partial charge in [-0.05, 0) is 5.56 Å². The van der Waals surface area contributed by atoms with E-state index in [1.807, 2.05) is 5.32 Å². The quantitative estimate of drug-likeness (QED) is 0.763. The van der Waals surface area contributed by atoms with Crippen molar-refractivity contribution in [2.24, 2.45) is 0 Å². The molecule has 1 aromatic rings. The van der Waals surface area contributed by atoms with Crippen molar-refractivity contribution in [3.05, 3.63) is 35.9 Å². The van der Waals surface area contributed by atoms with Crippen molar-refractivity contribution in [2.75, 3.05) is 6.54 Å². The molecule has 0 radical (unpaired) electrons. The maximum atomic E-state index is 13.6. The Labute approximate surface area is 109 Å². The van der Waals surface area contributed by atoms with Gasteiger partial charge in [-0.25, -0.2) is 8.78 Å². The third-order valence-electron chi connectivity index (χ3n) is 2.44. The summed E-state index contributed by atoms with van der Waals surface area (Å²) in [5.41, 5.74) is 0.428. The van der Waals surface area contributed by atoms with E-state index < -0.39 is 30.8 Å². The average Bonchev–Trinajstić information content (AvgIpc) is 2.35. The number of amides is 1. The maximum absolute atomic E-state index is 13.6. The highest BCUT2D eigenvalue weighted by Gasteiger charge is 2.34. The lowest BCUT2D eigenvalue weighted by Crippen LogP contribution is -2.39. The summed E-state index contributed by atoms with van der Waals surface area (Å²) < 4.78 is 27.3. The van der Waals surface area contributed by atoms with Crippen LogP contribution in [0.5, 0.6) is 0 Å². The minimum absolute atomic E-state index is 0.319. The normalized spacial score (nSPS) is 12.5. The van der Waals surface area contributed by atoms with Crippen LogP contribution >= 0.6 is 0 Å². The molecule has 19 heavy (non-hydrogen) atoms. The molecule has 0 aliphatic heterocycles. The predicted molar refractivity (Wildman–Crippen MR) is 64.3 cm³/mol. The van der Waals surface area contributed by atoms with Gasteiger partial charge >= 0.3 is 0 Å². The number of nitrogens with zero attached hydrogens (tertiary/aromatic N) is 1. The molecule has 0 aliphatic rings. The lowest BCUT2D eigenvalue weighted by Gasteiger charge is -2.19. The summed E-state index contributed by atoms with van der Waals surface area (Å²) in [6, 6.07) is 9.72. The first-order valence-corrected chi connectivity index (χ1v) is 5.69. The fourth-order valence-corrected chi connectivity index (χ4v) is 1.59. The van der Waals surface area contributed by atoms with Crippen LogP contribution in [-0.4, -0.2) is 29.6 Å². The number of aliphatic hydroxyl groups is 1. The standard InChI is InChI=1S/C13H14F2N2O2/c14-13(15,8-10-4-2-1-3-5-10)9-11(18)12(19)17-7-6-16/h1-5,11,18H,7-9H2,(H,17,19). The minimum atomic E-state index is -3.19. The number of hydrogen-bond acceptors (Lipinski definition) is 3. The second-order valence-corrected chi connectivity index (χ2v) is 4.11. The largest absolute Gasteiger partial charge is 0.383 e. The summed E-state index contributed by atoms with van der Waals surface area (Å²) in [7, 11) is 0. The summed E-state index contributed by atoms with van der Waals surface area (Å²) in [6.45, 7) is -0.319. The van der Waals surface area contributed by atoms with Crippen molar-refractivity contribution in [1.82, 2.24) is 5.32 Å². The van der Waals surface area contributed by atoms with Crippen molar-refractivity contribution >= 4 is 5.91 Å². The zero-order chi connectivity index (χ0) is 14.3. The van der Waals surface area contributed by atoms with E-state index in [0.29, 0.717) is 5.56 Å². The number of carbonyl (C=O) groups excluding carboxylic acids is 1. The van der Waals surface area contributed by atoms with Crippen LogP contribution in [0.3, 0.4) is 0 Å². The van der Waals surface area contributed by atoms with Gasteiger partial charge in [0.05, 0.1) is 6.07 Å². The fraction of sp³-hybridized carbons (Fsp3) is 0.385. The highest BCUT2D eigenvalue weighted by Crippen LogP contribution is 2.25. The molecule has 102 valence electrons. The van der Waals surface area contributed by atoms with Crippen molar-refractivity contribution in [1.29, 1.82) is 5.26 Å². The molecule has 0 aromatic heterocycles. The molecule has 1 rings (SSSR count). The third kappa shape index (κ3) is 5.44. The van der Waals surface area contributed by atoms with Crippen LogP contribution in [0.2, 0.25) is 0 Å². The Kier molecular flexibility index (Phi) is 5.39.